The molecule has 0 saturated carbocycles. The van der Waals surface area contributed by atoms with E-state index < -0.39 is 0 Å². The van der Waals surface area contributed by atoms with Gasteiger partial charge >= 0.3 is 0 Å². The van der Waals surface area contributed by atoms with Crippen molar-refractivity contribution < 1.29 is 4.74 Å². The van der Waals surface area contributed by atoms with E-state index in [1.54, 1.807) is 0 Å². The van der Waals surface area contributed by atoms with Crippen LogP contribution in [0.3, 0.4) is 0 Å². The highest BCUT2D eigenvalue weighted by atomic mass is 16.5. The van der Waals surface area contributed by atoms with Gasteiger partial charge in [-0.3, -0.25) is 0 Å². The van der Waals surface area contributed by atoms with Gasteiger partial charge in [0.25, 0.3) is 0 Å². The van der Waals surface area contributed by atoms with E-state index in [1.165, 1.54) is 45.3 Å². The van der Waals surface area contributed by atoms with E-state index >= 15 is 0 Å². The first-order chi connectivity index (χ1) is 7.86. The predicted octanol–water partition coefficient (Wildman–Crippen LogP) is 1.88. The number of hydrogen-bond acceptors (Lipinski definition) is 3. The maximum atomic E-state index is 5.57. The molecule has 0 radical (unpaired) electrons. The molecular weight excluding hydrogens is 200 g/mol. The van der Waals surface area contributed by atoms with Gasteiger partial charge in [0.2, 0.25) is 0 Å². The van der Waals surface area contributed by atoms with Gasteiger partial charge < -0.3 is 15.0 Å². The monoisotopic (exact) mass is 228 g/mol. The van der Waals surface area contributed by atoms with Crippen molar-refractivity contribution in [3.63, 3.8) is 0 Å². The summed E-state index contributed by atoms with van der Waals surface area (Å²) in [5.74, 6) is 0. The molecule has 1 rings (SSSR count). The topological polar surface area (TPSA) is 24.5 Å². The number of nitrogens with one attached hydrogen (secondary N) is 1. The number of rotatable bonds is 9. The minimum absolute atomic E-state index is 0.728. The second-order valence-corrected chi connectivity index (χ2v) is 4.66. The molecule has 16 heavy (non-hydrogen) atoms. The lowest BCUT2D eigenvalue weighted by molar-refractivity contribution is 0.120. The molecule has 3 heteroatoms. The maximum Gasteiger partial charge on any atom is 0.0478 e. The van der Waals surface area contributed by atoms with Crippen molar-refractivity contribution in [3.8, 4) is 0 Å². The highest BCUT2D eigenvalue weighted by Crippen LogP contribution is 2.09. The van der Waals surface area contributed by atoms with Crippen LogP contribution in [-0.2, 0) is 4.74 Å². The molecule has 1 N–H and O–H groups in total. The van der Waals surface area contributed by atoms with Crippen molar-refractivity contribution in [2.24, 2.45) is 0 Å². The van der Waals surface area contributed by atoms with Crippen LogP contribution in [0, 0.1) is 0 Å². The third kappa shape index (κ3) is 5.83. The van der Waals surface area contributed by atoms with E-state index in [0.717, 1.165) is 25.8 Å². The third-order valence-electron chi connectivity index (χ3n) is 3.17. The Morgan fingerprint density at radius 2 is 2.06 bits per heavy atom. The van der Waals surface area contributed by atoms with Crippen molar-refractivity contribution in [1.29, 1.82) is 0 Å². The molecule has 1 heterocycles. The van der Waals surface area contributed by atoms with Crippen LogP contribution < -0.4 is 5.32 Å². The van der Waals surface area contributed by atoms with Crippen LogP contribution >= 0.6 is 0 Å². The van der Waals surface area contributed by atoms with Gasteiger partial charge in [0.15, 0.2) is 0 Å². The molecule has 1 aliphatic rings. The van der Waals surface area contributed by atoms with E-state index in [2.05, 4.69) is 24.1 Å². The number of unbranched alkanes of at least 4 members (excludes halogenated alkanes) is 1. The average molecular weight is 228 g/mol. The highest BCUT2D eigenvalue weighted by molar-refractivity contribution is 4.80. The van der Waals surface area contributed by atoms with Gasteiger partial charge in [-0.2, -0.15) is 0 Å². The largest absolute Gasteiger partial charge is 0.381 e. The minimum Gasteiger partial charge on any atom is -0.381 e. The summed E-state index contributed by atoms with van der Waals surface area (Å²) < 4.78 is 5.57. The number of nitrogens with zero attached hydrogens (tertiary/aromatic N) is 1. The van der Waals surface area contributed by atoms with Gasteiger partial charge in [-0.15, -0.1) is 0 Å². The Morgan fingerprint density at radius 1 is 1.25 bits per heavy atom. The van der Waals surface area contributed by atoms with Crippen LogP contribution in [-0.4, -0.2) is 50.3 Å². The Labute approximate surface area is 101 Å². The molecule has 1 unspecified atom stereocenters. The van der Waals surface area contributed by atoms with E-state index in [-0.39, 0.29) is 0 Å². The van der Waals surface area contributed by atoms with Crippen molar-refractivity contribution in [3.05, 3.63) is 0 Å². The molecule has 0 aliphatic carbocycles. The van der Waals surface area contributed by atoms with Crippen molar-refractivity contribution in [2.45, 2.75) is 45.6 Å². The number of hydrogen-bond donors (Lipinski definition) is 1. The summed E-state index contributed by atoms with van der Waals surface area (Å²) in [6.07, 6.45) is 4.93. The molecule has 1 saturated heterocycles. The lowest BCUT2D eigenvalue weighted by Gasteiger charge is -2.16. The molecule has 0 bridgehead atoms. The van der Waals surface area contributed by atoms with Crippen LogP contribution in [0.4, 0.5) is 0 Å². The van der Waals surface area contributed by atoms with Crippen LogP contribution in [0.15, 0.2) is 0 Å². The third-order valence-corrected chi connectivity index (χ3v) is 3.17. The first-order valence-electron chi connectivity index (χ1n) is 6.90. The fourth-order valence-corrected chi connectivity index (χ4v) is 2.23. The molecule has 1 fully saturated rings. The highest BCUT2D eigenvalue weighted by Gasteiger charge is 2.20. The van der Waals surface area contributed by atoms with E-state index in [4.69, 9.17) is 4.74 Å². The summed E-state index contributed by atoms with van der Waals surface area (Å²) in [6, 6.07) is 0.728. The van der Waals surface area contributed by atoms with Gasteiger partial charge in [0, 0.05) is 32.3 Å². The zero-order valence-electron chi connectivity index (χ0n) is 11.0. The summed E-state index contributed by atoms with van der Waals surface area (Å²) in [6.45, 7) is 11.0. The van der Waals surface area contributed by atoms with Gasteiger partial charge in [-0.05, 0) is 32.4 Å². The molecule has 0 aromatic rings. The lowest BCUT2D eigenvalue weighted by atomic mass is 10.3. The molecular formula is C13H28N2O. The van der Waals surface area contributed by atoms with Crippen molar-refractivity contribution >= 4 is 0 Å². The zero-order chi connectivity index (χ0) is 11.6. The van der Waals surface area contributed by atoms with Crippen LogP contribution in [0.1, 0.15) is 39.5 Å². The molecule has 1 atom stereocenters. The molecule has 0 amide bonds. The first kappa shape index (κ1) is 13.9. The fraction of sp³-hybridized carbons (Fsp3) is 1.00. The molecule has 0 aromatic carbocycles. The summed E-state index contributed by atoms with van der Waals surface area (Å²) in [5.41, 5.74) is 0. The molecule has 1 aliphatic heterocycles. The van der Waals surface area contributed by atoms with Gasteiger partial charge in [0.1, 0.15) is 0 Å². The van der Waals surface area contributed by atoms with Crippen molar-refractivity contribution in [2.75, 3.05) is 39.4 Å². The summed E-state index contributed by atoms with van der Waals surface area (Å²) >= 11 is 0. The molecule has 3 nitrogen and oxygen atoms in total. The lowest BCUT2D eigenvalue weighted by Crippen LogP contribution is -2.32. The van der Waals surface area contributed by atoms with Crippen LogP contribution in [0.2, 0.25) is 0 Å². The predicted molar refractivity (Wildman–Crippen MR) is 68.9 cm³/mol. The van der Waals surface area contributed by atoms with Gasteiger partial charge in [-0.25, -0.2) is 0 Å². The van der Waals surface area contributed by atoms with Gasteiger partial charge in [0.05, 0.1) is 0 Å². The van der Waals surface area contributed by atoms with Crippen molar-refractivity contribution in [1.82, 2.24) is 10.2 Å². The Morgan fingerprint density at radius 3 is 2.81 bits per heavy atom. The SMILES string of the molecule is CCCCOCCCN1CCC(NCC)C1. The summed E-state index contributed by atoms with van der Waals surface area (Å²) in [7, 11) is 0. The van der Waals surface area contributed by atoms with E-state index in [0.29, 0.717) is 0 Å². The number of likely N-dealkylation sites (N-methyl/N-ethyl adjacent to an activating group) is 1. The quantitative estimate of drug-likeness (QED) is 0.610. The Balaban J connectivity index is 1.90. The summed E-state index contributed by atoms with van der Waals surface area (Å²) in [5, 5.41) is 3.52. The van der Waals surface area contributed by atoms with Crippen LogP contribution in [0.25, 0.3) is 0 Å². The first-order valence-corrected chi connectivity index (χ1v) is 6.90. The zero-order valence-corrected chi connectivity index (χ0v) is 11.0. The van der Waals surface area contributed by atoms with E-state index in [9.17, 15) is 0 Å². The second-order valence-electron chi connectivity index (χ2n) is 4.66. The van der Waals surface area contributed by atoms with Gasteiger partial charge in [-0.1, -0.05) is 20.3 Å². The Kier molecular flexibility index (Phi) is 7.81. The normalized spacial score (nSPS) is 21.8. The Bertz CT molecular complexity index is 164. The number of ether oxygens (including phenoxy) is 1. The Hall–Kier alpha value is -0.120. The summed E-state index contributed by atoms with van der Waals surface area (Å²) in [4.78, 5) is 2.55. The number of likely N-dealkylation sites (tertiary alicyclic amines) is 1. The average Bonchev–Trinajstić information content (AvgIpc) is 2.72. The fourth-order valence-electron chi connectivity index (χ4n) is 2.23. The second kappa shape index (κ2) is 8.97. The minimum atomic E-state index is 0.728. The van der Waals surface area contributed by atoms with E-state index in [1.807, 2.05) is 0 Å². The standard InChI is InChI=1S/C13H28N2O/c1-3-5-10-16-11-6-8-15-9-7-13(12-15)14-4-2/h13-14H,3-12H2,1-2H3. The maximum absolute atomic E-state index is 5.57. The van der Waals surface area contributed by atoms with Crippen LogP contribution in [0.5, 0.6) is 0 Å². The molecule has 96 valence electrons. The molecule has 0 spiro atoms. The molecule has 0 aromatic heterocycles. The smallest absolute Gasteiger partial charge is 0.0478 e.